The normalized spacial score (nSPS) is 14.9. The molecule has 0 unspecified atom stereocenters. The molecule has 38 heavy (non-hydrogen) atoms. The molecule has 1 aromatic carbocycles. The number of rotatable bonds is 5. The van der Waals surface area contributed by atoms with Crippen molar-refractivity contribution in [2.75, 3.05) is 25.1 Å². The molecule has 9 nitrogen and oxygen atoms in total. The third-order valence-electron chi connectivity index (χ3n) is 7.57. The van der Waals surface area contributed by atoms with Crippen LogP contribution in [0.5, 0.6) is 5.88 Å². The number of H-pyrrole nitrogens is 2. The van der Waals surface area contributed by atoms with Crippen molar-refractivity contribution in [1.29, 1.82) is 5.26 Å². The Bertz CT molecular complexity index is 1640. The highest BCUT2D eigenvalue weighted by atomic mass is 16.5. The lowest BCUT2D eigenvalue weighted by Gasteiger charge is -2.38. The van der Waals surface area contributed by atoms with E-state index < -0.39 is 0 Å². The third kappa shape index (κ3) is 4.14. The van der Waals surface area contributed by atoms with Crippen LogP contribution in [-0.4, -0.2) is 50.1 Å². The molecule has 190 valence electrons. The summed E-state index contributed by atoms with van der Waals surface area (Å²) in [4.78, 5) is 27.8. The van der Waals surface area contributed by atoms with Gasteiger partial charge in [-0.3, -0.25) is 0 Å². The summed E-state index contributed by atoms with van der Waals surface area (Å²) in [7, 11) is 1.62. The first-order valence-corrected chi connectivity index (χ1v) is 12.6. The molecular weight excluding hydrogens is 476 g/mol. The van der Waals surface area contributed by atoms with Crippen molar-refractivity contribution in [2.24, 2.45) is 0 Å². The predicted octanol–water partition coefficient (Wildman–Crippen LogP) is 5.16. The Morgan fingerprint density at radius 2 is 1.76 bits per heavy atom. The maximum absolute atomic E-state index is 9.09. The number of aromatic amines is 2. The number of aryl methyl sites for hydroxylation is 1. The van der Waals surface area contributed by atoms with Crippen molar-refractivity contribution in [1.82, 2.24) is 29.9 Å². The predicted molar refractivity (Wildman–Crippen MR) is 146 cm³/mol. The van der Waals surface area contributed by atoms with E-state index in [1.165, 1.54) is 0 Å². The van der Waals surface area contributed by atoms with E-state index in [9.17, 15) is 0 Å². The standard InChI is InChI=1S/C29H28N8O/c1-18-25(21-8-9-24(38-3)31-16-21)36-28(34-18)29(2)10-12-37(13-11-29)27-22-14-23(35-26(22)32-17-33-27)20-6-4-19(15-30)5-7-20/h4-9,14,16-17H,10-13H2,1-3H3,(H,34,36)(H,32,33,35). The molecule has 1 saturated heterocycles. The Labute approximate surface area is 220 Å². The van der Waals surface area contributed by atoms with Crippen LogP contribution in [-0.2, 0) is 5.41 Å². The Morgan fingerprint density at radius 3 is 2.45 bits per heavy atom. The highest BCUT2D eigenvalue weighted by Gasteiger charge is 2.36. The molecule has 6 rings (SSSR count). The van der Waals surface area contributed by atoms with E-state index in [2.05, 4.69) is 55.8 Å². The minimum absolute atomic E-state index is 0.0721. The van der Waals surface area contributed by atoms with Gasteiger partial charge in [0, 0.05) is 47.7 Å². The number of hydrogen-bond donors (Lipinski definition) is 2. The van der Waals surface area contributed by atoms with E-state index in [4.69, 9.17) is 15.0 Å². The average molecular weight is 505 g/mol. The second-order valence-corrected chi connectivity index (χ2v) is 10.0. The summed E-state index contributed by atoms with van der Waals surface area (Å²) in [5.74, 6) is 2.54. The van der Waals surface area contributed by atoms with Gasteiger partial charge in [0.05, 0.1) is 29.8 Å². The lowest BCUT2D eigenvalue weighted by Crippen LogP contribution is -2.42. The fourth-order valence-corrected chi connectivity index (χ4v) is 5.18. The van der Waals surface area contributed by atoms with E-state index in [0.29, 0.717) is 11.4 Å². The van der Waals surface area contributed by atoms with Crippen molar-refractivity contribution in [2.45, 2.75) is 32.1 Å². The number of hydrogen-bond acceptors (Lipinski definition) is 7. The molecule has 0 amide bonds. The quantitative estimate of drug-likeness (QED) is 0.339. The number of anilines is 1. The number of ether oxygens (including phenoxy) is 1. The van der Waals surface area contributed by atoms with Gasteiger partial charge in [0.1, 0.15) is 23.6 Å². The highest BCUT2D eigenvalue weighted by Crippen LogP contribution is 2.38. The molecule has 0 aliphatic carbocycles. The monoisotopic (exact) mass is 504 g/mol. The number of piperidine rings is 1. The summed E-state index contributed by atoms with van der Waals surface area (Å²) in [6.45, 7) is 6.06. The maximum atomic E-state index is 9.09. The number of nitrogens with zero attached hydrogens (tertiary/aromatic N) is 6. The molecule has 2 N–H and O–H groups in total. The maximum Gasteiger partial charge on any atom is 0.212 e. The highest BCUT2D eigenvalue weighted by molar-refractivity contribution is 5.92. The van der Waals surface area contributed by atoms with Gasteiger partial charge in [-0.15, -0.1) is 0 Å². The van der Waals surface area contributed by atoms with Gasteiger partial charge in [-0.25, -0.2) is 19.9 Å². The van der Waals surface area contributed by atoms with Crippen LogP contribution in [0.15, 0.2) is 55.0 Å². The number of aromatic nitrogens is 6. The zero-order valence-corrected chi connectivity index (χ0v) is 21.6. The molecule has 5 aromatic rings. The molecule has 0 spiro atoms. The number of nitrogens with one attached hydrogen (secondary N) is 2. The first kappa shape index (κ1) is 23.7. The van der Waals surface area contributed by atoms with Gasteiger partial charge in [0.15, 0.2) is 0 Å². The van der Waals surface area contributed by atoms with Crippen LogP contribution in [0.25, 0.3) is 33.5 Å². The number of benzene rings is 1. The van der Waals surface area contributed by atoms with E-state index >= 15 is 0 Å². The molecule has 5 heterocycles. The van der Waals surface area contributed by atoms with E-state index in [1.54, 1.807) is 19.6 Å². The molecule has 1 aliphatic rings. The van der Waals surface area contributed by atoms with Crippen LogP contribution >= 0.6 is 0 Å². The summed E-state index contributed by atoms with van der Waals surface area (Å²) in [6.07, 6.45) is 5.31. The van der Waals surface area contributed by atoms with Gasteiger partial charge >= 0.3 is 0 Å². The van der Waals surface area contributed by atoms with Crippen LogP contribution in [0.3, 0.4) is 0 Å². The molecule has 0 bridgehead atoms. The molecule has 0 radical (unpaired) electrons. The van der Waals surface area contributed by atoms with Gasteiger partial charge in [-0.05, 0) is 49.6 Å². The van der Waals surface area contributed by atoms with E-state index in [-0.39, 0.29) is 5.41 Å². The van der Waals surface area contributed by atoms with Crippen LogP contribution in [0, 0.1) is 18.3 Å². The van der Waals surface area contributed by atoms with Crippen LogP contribution in [0.4, 0.5) is 5.82 Å². The van der Waals surface area contributed by atoms with Gasteiger partial charge in [-0.2, -0.15) is 5.26 Å². The first-order chi connectivity index (χ1) is 18.5. The number of imidazole rings is 1. The van der Waals surface area contributed by atoms with Gasteiger partial charge in [0.25, 0.3) is 0 Å². The Morgan fingerprint density at radius 1 is 1.00 bits per heavy atom. The van der Waals surface area contributed by atoms with Crippen molar-refractivity contribution in [3.63, 3.8) is 0 Å². The fraction of sp³-hybridized carbons (Fsp3) is 0.276. The topological polar surface area (TPSA) is 119 Å². The minimum atomic E-state index is -0.0721. The molecule has 4 aromatic heterocycles. The van der Waals surface area contributed by atoms with Gasteiger partial charge in [-0.1, -0.05) is 19.1 Å². The second kappa shape index (κ2) is 9.30. The number of nitriles is 1. The SMILES string of the molecule is COc1ccc(-c2nc(C3(C)CCN(c4ncnc5[nH]c(-c6ccc(C#N)cc6)cc45)CC3)[nH]c2C)cn1. The van der Waals surface area contributed by atoms with Gasteiger partial charge < -0.3 is 19.6 Å². The first-order valence-electron chi connectivity index (χ1n) is 12.6. The summed E-state index contributed by atoms with van der Waals surface area (Å²) in [6, 6.07) is 15.7. The summed E-state index contributed by atoms with van der Waals surface area (Å²) < 4.78 is 5.19. The van der Waals surface area contributed by atoms with Crippen molar-refractivity contribution >= 4 is 16.9 Å². The third-order valence-corrected chi connectivity index (χ3v) is 7.57. The summed E-state index contributed by atoms with van der Waals surface area (Å²) in [5, 5.41) is 10.1. The molecule has 0 atom stereocenters. The number of fused-ring (bicyclic) bond motifs is 1. The zero-order chi connectivity index (χ0) is 26.3. The smallest absolute Gasteiger partial charge is 0.212 e. The van der Waals surface area contributed by atoms with Crippen molar-refractivity contribution in [3.05, 3.63) is 72.1 Å². The van der Waals surface area contributed by atoms with Crippen molar-refractivity contribution in [3.8, 4) is 34.5 Å². The molecule has 9 heteroatoms. The molecule has 0 saturated carbocycles. The second-order valence-electron chi connectivity index (χ2n) is 10.0. The molecular formula is C29H28N8O. The lowest BCUT2D eigenvalue weighted by molar-refractivity contribution is 0.345. The number of methoxy groups -OCH3 is 1. The zero-order valence-electron chi connectivity index (χ0n) is 21.6. The summed E-state index contributed by atoms with van der Waals surface area (Å²) >= 11 is 0. The van der Waals surface area contributed by atoms with Gasteiger partial charge in [0.2, 0.25) is 5.88 Å². The van der Waals surface area contributed by atoms with E-state index in [1.807, 2.05) is 36.4 Å². The van der Waals surface area contributed by atoms with E-state index in [0.717, 1.165) is 76.8 Å². The van der Waals surface area contributed by atoms with Crippen LogP contribution in [0.2, 0.25) is 0 Å². The van der Waals surface area contributed by atoms with Crippen LogP contribution in [0.1, 0.15) is 36.8 Å². The Kier molecular flexibility index (Phi) is 5.80. The Balaban J connectivity index is 1.23. The average Bonchev–Trinajstić information content (AvgIpc) is 3.58. The van der Waals surface area contributed by atoms with Crippen LogP contribution < -0.4 is 9.64 Å². The fourth-order valence-electron chi connectivity index (χ4n) is 5.18. The largest absolute Gasteiger partial charge is 0.481 e. The Hall–Kier alpha value is -4.71. The lowest BCUT2D eigenvalue weighted by atomic mass is 9.79. The summed E-state index contributed by atoms with van der Waals surface area (Å²) in [5.41, 5.74) is 6.28. The molecule has 1 fully saturated rings. The van der Waals surface area contributed by atoms with Crippen molar-refractivity contribution < 1.29 is 4.74 Å². The number of pyridine rings is 1. The molecule has 1 aliphatic heterocycles. The minimum Gasteiger partial charge on any atom is -0.481 e.